The molecular weight excluding hydrogens is 619 g/mol. The molecule has 0 aliphatic carbocycles. The number of carbonyl (C=O) groups excluding carboxylic acids is 4. The molecule has 3 rings (SSSR count). The molecule has 3 aromatic carbocycles. The third-order valence-electron chi connectivity index (χ3n) is 7.41. The summed E-state index contributed by atoms with van der Waals surface area (Å²) in [5, 5.41) is 18.1. The lowest BCUT2D eigenvalue weighted by Gasteiger charge is -2.26. The van der Waals surface area contributed by atoms with Crippen LogP contribution in [0.15, 0.2) is 84.9 Å². The van der Waals surface area contributed by atoms with Gasteiger partial charge in [-0.2, -0.15) is 0 Å². The molecule has 0 heterocycles. The van der Waals surface area contributed by atoms with Crippen molar-refractivity contribution in [2.45, 2.75) is 57.9 Å². The smallest absolute Gasteiger partial charge is 0.255 e. The molecule has 3 aromatic rings. The van der Waals surface area contributed by atoms with Crippen LogP contribution in [-0.4, -0.2) is 57.7 Å². The average Bonchev–Trinajstić information content (AvgIpc) is 3.01. The van der Waals surface area contributed by atoms with Crippen molar-refractivity contribution in [3.63, 3.8) is 0 Å². The molecule has 0 aliphatic heterocycles. The fourth-order valence-electron chi connectivity index (χ4n) is 4.88. The molecule has 47 heavy (non-hydrogen) atoms. The third-order valence-corrected chi connectivity index (χ3v) is 9.44. The van der Waals surface area contributed by atoms with Gasteiger partial charge in [0.1, 0.15) is 29.8 Å². The first-order valence-electron chi connectivity index (χ1n) is 15.3. The van der Waals surface area contributed by atoms with Crippen LogP contribution in [0.25, 0.3) is 6.08 Å². The van der Waals surface area contributed by atoms with Gasteiger partial charge in [0.15, 0.2) is 0 Å². The zero-order valence-electron chi connectivity index (χ0n) is 26.8. The van der Waals surface area contributed by atoms with Crippen LogP contribution in [0.1, 0.15) is 53.7 Å². The number of hydrogen-bond acceptors (Lipinski definition) is 6. The number of amides is 4. The topological polar surface area (TPSA) is 188 Å². The van der Waals surface area contributed by atoms with Gasteiger partial charge in [-0.25, -0.2) is 0 Å². The number of para-hydroxylation sites is 1. The van der Waals surface area contributed by atoms with E-state index in [1.807, 2.05) is 44.2 Å². The molecule has 0 aliphatic rings. The summed E-state index contributed by atoms with van der Waals surface area (Å²) >= 11 is 0. The maximum Gasteiger partial charge on any atom is 0.255 e. The van der Waals surface area contributed by atoms with Crippen LogP contribution in [0.2, 0.25) is 0 Å². The summed E-state index contributed by atoms with van der Waals surface area (Å²) < 4.78 is 13.8. The van der Waals surface area contributed by atoms with E-state index in [4.69, 9.17) is 5.73 Å². The van der Waals surface area contributed by atoms with Gasteiger partial charge in [-0.15, -0.1) is 0 Å². The third kappa shape index (κ3) is 11.5. The van der Waals surface area contributed by atoms with E-state index in [9.17, 15) is 33.7 Å². The molecule has 4 amide bonds. The van der Waals surface area contributed by atoms with Crippen molar-refractivity contribution >= 4 is 37.1 Å². The molecule has 4 atom stereocenters. The van der Waals surface area contributed by atoms with E-state index in [-0.39, 0.29) is 36.5 Å². The van der Waals surface area contributed by atoms with Crippen molar-refractivity contribution < 1.29 is 33.7 Å². The Morgan fingerprint density at radius 3 is 2.13 bits per heavy atom. The Bertz CT molecular complexity index is 1610. The van der Waals surface area contributed by atoms with Gasteiger partial charge in [-0.1, -0.05) is 98.8 Å². The molecule has 0 radical (unpaired) electrons. The van der Waals surface area contributed by atoms with Gasteiger partial charge in [0.05, 0.1) is 5.56 Å². The zero-order chi connectivity index (χ0) is 34.6. The monoisotopic (exact) mass is 662 g/mol. The summed E-state index contributed by atoms with van der Waals surface area (Å²) in [6, 6.07) is 20.4. The normalized spacial score (nSPS) is 14.5. The molecule has 250 valence electrons. The standard InChI is InChI=1S/C35H43N4O7P/c1-23(2)20-29(35(44)38-28(33(36)42)19-11-17-25-13-6-4-7-14-25)37-30(40)22-47(45,46)31(21-26-15-8-5-9-16-26)39-34(43)27-18-10-12-24(3)32(27)41/h4-18,23,28-29,31,41H,19-22H2,1-3H3,(H2,36,42)(H,37,40)(H,38,44)(H,39,43)(H,45,46)/t28-,29-,31?/m0/s1. The number of nitrogens with one attached hydrogen (secondary N) is 3. The number of aryl methyl sites for hydroxylation is 1. The second-order valence-corrected chi connectivity index (χ2v) is 14.3. The van der Waals surface area contributed by atoms with E-state index in [2.05, 4.69) is 16.0 Å². The van der Waals surface area contributed by atoms with Crippen LogP contribution in [0.3, 0.4) is 0 Å². The van der Waals surface area contributed by atoms with Crippen LogP contribution in [0, 0.1) is 12.8 Å². The molecule has 2 unspecified atom stereocenters. The summed E-state index contributed by atoms with van der Waals surface area (Å²) in [5.41, 5.74) is 7.46. The number of hydrogen-bond donors (Lipinski definition) is 6. The molecule has 0 saturated heterocycles. The number of nitrogens with two attached hydrogens (primary N) is 1. The molecule has 0 spiro atoms. The van der Waals surface area contributed by atoms with Crippen molar-refractivity contribution in [1.29, 1.82) is 0 Å². The Balaban J connectivity index is 1.75. The maximum atomic E-state index is 13.8. The summed E-state index contributed by atoms with van der Waals surface area (Å²) in [5.74, 6) is -4.81. The van der Waals surface area contributed by atoms with E-state index in [1.165, 1.54) is 6.07 Å². The predicted molar refractivity (Wildman–Crippen MR) is 182 cm³/mol. The first kappa shape index (κ1) is 36.7. The van der Waals surface area contributed by atoms with Crippen LogP contribution in [-0.2, 0) is 25.4 Å². The molecule has 11 nitrogen and oxygen atoms in total. The van der Waals surface area contributed by atoms with Gasteiger partial charge in [-0.05, 0) is 48.4 Å². The number of carbonyl (C=O) groups is 4. The average molecular weight is 663 g/mol. The van der Waals surface area contributed by atoms with Crippen molar-refractivity contribution in [2.75, 3.05) is 6.16 Å². The quantitative estimate of drug-likeness (QED) is 0.126. The first-order chi connectivity index (χ1) is 22.3. The molecular formula is C35H43N4O7P. The van der Waals surface area contributed by atoms with Gasteiger partial charge in [-0.3, -0.25) is 23.7 Å². The highest BCUT2D eigenvalue weighted by atomic mass is 31.2. The van der Waals surface area contributed by atoms with Crippen LogP contribution in [0.5, 0.6) is 5.75 Å². The minimum Gasteiger partial charge on any atom is -0.507 e. The molecule has 0 saturated carbocycles. The highest BCUT2D eigenvalue weighted by Crippen LogP contribution is 2.46. The Morgan fingerprint density at radius 1 is 0.872 bits per heavy atom. The van der Waals surface area contributed by atoms with Gasteiger partial charge < -0.3 is 31.7 Å². The lowest BCUT2D eigenvalue weighted by Crippen LogP contribution is -2.53. The molecule has 0 bridgehead atoms. The van der Waals surface area contributed by atoms with Crippen molar-refractivity contribution in [3.05, 3.63) is 107 Å². The number of aromatic hydroxyl groups is 1. The van der Waals surface area contributed by atoms with Gasteiger partial charge in [0, 0.05) is 6.42 Å². The van der Waals surface area contributed by atoms with Crippen molar-refractivity contribution in [2.24, 2.45) is 11.7 Å². The second kappa shape index (κ2) is 17.3. The van der Waals surface area contributed by atoms with Crippen LogP contribution in [0.4, 0.5) is 0 Å². The SMILES string of the molecule is Cc1cccc(C(=O)NC(Cc2ccccc2)P(=O)(O)CC(=O)N[C@@H](CC(C)C)C(=O)N[C@@H](CC=Cc2ccccc2)C(N)=O)c1O. The molecule has 0 fully saturated rings. The summed E-state index contributed by atoms with van der Waals surface area (Å²) in [7, 11) is -4.47. The minimum absolute atomic E-state index is 0.0656. The van der Waals surface area contributed by atoms with E-state index in [0.717, 1.165) is 5.56 Å². The van der Waals surface area contributed by atoms with E-state index in [0.29, 0.717) is 11.1 Å². The van der Waals surface area contributed by atoms with E-state index >= 15 is 0 Å². The predicted octanol–water partition coefficient (Wildman–Crippen LogP) is 3.87. The fraction of sp³-hybridized carbons (Fsp3) is 0.314. The first-order valence-corrected chi connectivity index (χ1v) is 17.2. The molecule has 0 aromatic heterocycles. The fourth-order valence-corrected chi connectivity index (χ4v) is 6.42. The van der Waals surface area contributed by atoms with Crippen LogP contribution >= 0.6 is 7.37 Å². The van der Waals surface area contributed by atoms with Gasteiger partial charge in [0.25, 0.3) is 5.91 Å². The maximum absolute atomic E-state index is 13.8. The summed E-state index contributed by atoms with van der Waals surface area (Å²) in [6.45, 7) is 5.29. The van der Waals surface area contributed by atoms with Gasteiger partial charge >= 0.3 is 0 Å². The number of primary amides is 1. The number of phenols is 1. The Morgan fingerprint density at radius 2 is 1.51 bits per heavy atom. The highest BCUT2D eigenvalue weighted by molar-refractivity contribution is 7.59. The summed E-state index contributed by atoms with van der Waals surface area (Å²) in [4.78, 5) is 63.1. The van der Waals surface area contributed by atoms with Crippen LogP contribution < -0.4 is 21.7 Å². The van der Waals surface area contributed by atoms with E-state index < -0.39 is 55.0 Å². The van der Waals surface area contributed by atoms with Gasteiger partial charge in [0.2, 0.25) is 25.1 Å². The number of phenolic OH excluding ortho intramolecular Hbond substituents is 1. The largest absolute Gasteiger partial charge is 0.507 e. The van der Waals surface area contributed by atoms with Crippen molar-refractivity contribution in [3.8, 4) is 5.75 Å². The summed E-state index contributed by atoms with van der Waals surface area (Å²) in [6.07, 6.45) is 2.81. The lowest BCUT2D eigenvalue weighted by molar-refractivity contribution is -0.131. The Hall–Kier alpha value is -4.73. The van der Waals surface area contributed by atoms with E-state index in [1.54, 1.807) is 61.5 Å². The highest BCUT2D eigenvalue weighted by Gasteiger charge is 2.37. The number of benzene rings is 3. The lowest BCUT2D eigenvalue weighted by atomic mass is 10.0. The second-order valence-electron chi connectivity index (χ2n) is 11.8. The zero-order valence-corrected chi connectivity index (χ0v) is 27.7. The van der Waals surface area contributed by atoms with Crippen molar-refractivity contribution in [1.82, 2.24) is 16.0 Å². The molecule has 12 heteroatoms. The number of rotatable bonds is 16. The Labute approximate surface area is 275 Å². The Kier molecular flexibility index (Phi) is 13.5. The molecule has 7 N–H and O–H groups in total. The minimum atomic E-state index is -4.47.